The van der Waals surface area contributed by atoms with E-state index in [4.69, 9.17) is 4.74 Å². The predicted molar refractivity (Wildman–Crippen MR) is 109 cm³/mol. The fourth-order valence-electron chi connectivity index (χ4n) is 3.24. The molecule has 0 saturated heterocycles. The van der Waals surface area contributed by atoms with Gasteiger partial charge in [0.05, 0.1) is 19.3 Å². The summed E-state index contributed by atoms with van der Waals surface area (Å²) in [6, 6.07) is 7.32. The number of hydrogen-bond donors (Lipinski definition) is 3. The van der Waals surface area contributed by atoms with Crippen LogP contribution in [0.5, 0.6) is 11.5 Å². The number of methoxy groups -OCH3 is 1. The maximum atomic E-state index is 13.4. The predicted octanol–water partition coefficient (Wildman–Crippen LogP) is 2.60. The third-order valence-electron chi connectivity index (χ3n) is 4.71. The molecule has 0 bridgehead atoms. The molecule has 2 atom stereocenters. The summed E-state index contributed by atoms with van der Waals surface area (Å²) in [4.78, 5) is 10.6. The molecular formula is C23H26FO6-. The fourth-order valence-corrected chi connectivity index (χ4v) is 3.24. The van der Waals surface area contributed by atoms with Crippen LogP contribution in [0.1, 0.15) is 43.7 Å². The number of aliphatic hydroxyl groups excluding tert-OH is 2. The molecule has 3 N–H and O–H groups in total. The smallest absolute Gasteiger partial charge is 0.166 e. The van der Waals surface area contributed by atoms with Crippen LogP contribution in [-0.4, -0.2) is 40.6 Å². The van der Waals surface area contributed by atoms with Crippen LogP contribution in [0.3, 0.4) is 0 Å². The summed E-state index contributed by atoms with van der Waals surface area (Å²) in [7, 11) is 1.44. The van der Waals surface area contributed by atoms with E-state index in [1.54, 1.807) is 12.1 Å². The number of aliphatic hydroxyl groups is 2. The van der Waals surface area contributed by atoms with Crippen LogP contribution in [0, 0.1) is 5.82 Å². The number of halogens is 1. The van der Waals surface area contributed by atoms with Gasteiger partial charge in [-0.15, -0.1) is 0 Å². The van der Waals surface area contributed by atoms with E-state index < -0.39 is 30.4 Å². The molecule has 0 amide bonds. The number of phenols is 1. The molecule has 2 unspecified atom stereocenters. The molecule has 0 aromatic heterocycles. The summed E-state index contributed by atoms with van der Waals surface area (Å²) >= 11 is 0. The lowest BCUT2D eigenvalue weighted by atomic mass is 9.88. The molecule has 2 aromatic rings. The van der Waals surface area contributed by atoms with Crippen LogP contribution in [-0.2, 0) is 4.79 Å². The van der Waals surface area contributed by atoms with Crippen molar-refractivity contribution in [2.45, 2.75) is 44.8 Å². The third-order valence-corrected chi connectivity index (χ3v) is 4.71. The highest BCUT2D eigenvalue weighted by molar-refractivity contribution is 5.84. The number of ether oxygens (including phenoxy) is 1. The van der Waals surface area contributed by atoms with Crippen molar-refractivity contribution in [1.82, 2.24) is 0 Å². The molecule has 0 spiro atoms. The third kappa shape index (κ3) is 5.81. The van der Waals surface area contributed by atoms with Gasteiger partial charge in [-0.25, -0.2) is 4.39 Å². The Balaban J connectivity index is 2.54. The Morgan fingerprint density at radius 3 is 2.40 bits per heavy atom. The van der Waals surface area contributed by atoms with Crippen LogP contribution in [0.15, 0.2) is 36.4 Å². The molecule has 6 nitrogen and oxygen atoms in total. The maximum absolute atomic E-state index is 13.4. The molecule has 7 heteroatoms. The summed E-state index contributed by atoms with van der Waals surface area (Å²) in [6.07, 6.45) is -0.117. The minimum atomic E-state index is -1.40. The lowest BCUT2D eigenvalue weighted by Crippen LogP contribution is -2.29. The minimum Gasteiger partial charge on any atom is -0.550 e. The van der Waals surface area contributed by atoms with Crippen LogP contribution < -0.4 is 9.84 Å². The van der Waals surface area contributed by atoms with Crippen LogP contribution >= 0.6 is 0 Å². The summed E-state index contributed by atoms with van der Waals surface area (Å²) in [5.41, 5.74) is 2.39. The number of carbonyl (C=O) groups excluding carboxylic acids is 1. The Hall–Kier alpha value is -2.90. The molecule has 2 aromatic carbocycles. The highest BCUT2D eigenvalue weighted by Crippen LogP contribution is 2.44. The van der Waals surface area contributed by atoms with E-state index >= 15 is 0 Å². The van der Waals surface area contributed by atoms with Crippen molar-refractivity contribution in [2.24, 2.45) is 0 Å². The number of carboxylic acid groups (broad SMARTS) is 1. The topological polar surface area (TPSA) is 110 Å². The number of aromatic hydroxyl groups is 1. The van der Waals surface area contributed by atoms with Gasteiger partial charge >= 0.3 is 0 Å². The van der Waals surface area contributed by atoms with E-state index in [1.165, 1.54) is 37.5 Å². The van der Waals surface area contributed by atoms with Crippen molar-refractivity contribution in [1.29, 1.82) is 0 Å². The van der Waals surface area contributed by atoms with Crippen molar-refractivity contribution in [3.63, 3.8) is 0 Å². The van der Waals surface area contributed by atoms with Crippen molar-refractivity contribution < 1.29 is 34.3 Å². The van der Waals surface area contributed by atoms with Gasteiger partial charge < -0.3 is 30.0 Å². The Morgan fingerprint density at radius 2 is 1.87 bits per heavy atom. The molecule has 0 heterocycles. The van der Waals surface area contributed by atoms with Crippen LogP contribution in [0.2, 0.25) is 0 Å². The normalized spacial score (nSPS) is 13.6. The van der Waals surface area contributed by atoms with Gasteiger partial charge in [0.2, 0.25) is 0 Å². The summed E-state index contributed by atoms with van der Waals surface area (Å²) < 4.78 is 18.7. The van der Waals surface area contributed by atoms with Gasteiger partial charge in [0, 0.05) is 24.4 Å². The molecular weight excluding hydrogens is 391 g/mol. The first-order valence-electron chi connectivity index (χ1n) is 9.58. The van der Waals surface area contributed by atoms with Crippen molar-refractivity contribution in [2.75, 3.05) is 7.11 Å². The van der Waals surface area contributed by atoms with Crippen molar-refractivity contribution in [3.8, 4) is 22.6 Å². The largest absolute Gasteiger partial charge is 0.550 e. The van der Waals surface area contributed by atoms with Crippen molar-refractivity contribution >= 4 is 12.0 Å². The van der Waals surface area contributed by atoms with E-state index in [1.807, 2.05) is 13.8 Å². The second-order valence-corrected chi connectivity index (χ2v) is 7.36. The van der Waals surface area contributed by atoms with Gasteiger partial charge in [-0.1, -0.05) is 38.1 Å². The van der Waals surface area contributed by atoms with Gasteiger partial charge in [0.25, 0.3) is 0 Å². The maximum Gasteiger partial charge on any atom is 0.166 e. The van der Waals surface area contributed by atoms with Gasteiger partial charge in [-0.2, -0.15) is 0 Å². The van der Waals surface area contributed by atoms with Crippen LogP contribution in [0.4, 0.5) is 4.39 Å². The molecule has 0 aliphatic rings. The van der Waals surface area contributed by atoms with Crippen molar-refractivity contribution in [3.05, 3.63) is 53.4 Å². The summed E-state index contributed by atoms with van der Waals surface area (Å²) in [6.45, 7) is 3.91. The number of rotatable bonds is 9. The number of benzene rings is 2. The quantitative estimate of drug-likeness (QED) is 0.579. The zero-order valence-corrected chi connectivity index (χ0v) is 17.1. The molecule has 0 fully saturated rings. The number of hydrogen-bond acceptors (Lipinski definition) is 6. The Kier molecular flexibility index (Phi) is 7.97. The highest BCUT2D eigenvalue weighted by Gasteiger charge is 2.20. The number of carboxylic acids is 1. The fraction of sp³-hybridized carbons (Fsp3) is 0.348. The first-order valence-corrected chi connectivity index (χ1v) is 9.58. The molecule has 0 radical (unpaired) electrons. The van der Waals surface area contributed by atoms with Gasteiger partial charge in [-0.3, -0.25) is 0 Å². The van der Waals surface area contributed by atoms with Gasteiger partial charge in [0.1, 0.15) is 5.82 Å². The zero-order chi connectivity index (χ0) is 22.4. The molecule has 162 valence electrons. The molecule has 0 aliphatic carbocycles. The van der Waals surface area contributed by atoms with E-state index in [0.717, 1.165) is 5.56 Å². The first kappa shape index (κ1) is 23.4. The number of phenolic OH excluding ortho intramolecular Hbond substituents is 1. The minimum absolute atomic E-state index is 0.0270. The lowest BCUT2D eigenvalue weighted by molar-refractivity contribution is -0.307. The molecule has 0 saturated carbocycles. The monoisotopic (exact) mass is 417 g/mol. The average Bonchev–Trinajstić information content (AvgIpc) is 2.66. The number of aliphatic carboxylic acids is 1. The van der Waals surface area contributed by atoms with E-state index in [9.17, 15) is 29.6 Å². The second-order valence-electron chi connectivity index (χ2n) is 7.36. The summed E-state index contributed by atoms with van der Waals surface area (Å²) in [5, 5.41) is 41.2. The molecule has 0 aliphatic heterocycles. The van der Waals surface area contributed by atoms with Crippen LogP contribution in [0.25, 0.3) is 17.2 Å². The molecule has 30 heavy (non-hydrogen) atoms. The first-order chi connectivity index (χ1) is 14.1. The lowest BCUT2D eigenvalue weighted by Gasteiger charge is -2.20. The van der Waals surface area contributed by atoms with E-state index in [0.29, 0.717) is 16.7 Å². The standard InChI is InChI=1S/C23H27FO6/c1-13(2)19-12-20(30-3)23(29)22(14-4-6-15(24)7-5-14)18(19)9-8-16(25)10-17(26)11-21(27)28/h4-9,12-13,16-17,25-26,29H,10-11H2,1-3H3,(H,27,28)/p-1/b9-8+. The average molecular weight is 417 g/mol. The van der Waals surface area contributed by atoms with Gasteiger partial charge in [-0.05, 0) is 40.8 Å². The number of carbonyl (C=O) groups is 1. The highest BCUT2D eigenvalue weighted by atomic mass is 19.1. The Bertz CT molecular complexity index is 905. The SMILES string of the molecule is COc1cc(C(C)C)c(/C=C/C(O)CC(O)CC(=O)[O-])c(-c2ccc(F)cc2)c1O. The zero-order valence-electron chi connectivity index (χ0n) is 17.1. The van der Waals surface area contributed by atoms with E-state index in [-0.39, 0.29) is 23.8 Å². The van der Waals surface area contributed by atoms with E-state index in [2.05, 4.69) is 0 Å². The second kappa shape index (κ2) is 10.2. The Labute approximate surface area is 174 Å². The molecule has 2 rings (SSSR count). The summed E-state index contributed by atoms with van der Waals surface area (Å²) in [5.74, 6) is -1.65. The van der Waals surface area contributed by atoms with Gasteiger partial charge in [0.15, 0.2) is 11.5 Å². The Morgan fingerprint density at radius 1 is 1.23 bits per heavy atom.